The summed E-state index contributed by atoms with van der Waals surface area (Å²) < 4.78 is 0. The summed E-state index contributed by atoms with van der Waals surface area (Å²) >= 11 is 0. The van der Waals surface area contributed by atoms with Crippen LogP contribution >= 0.6 is 0 Å². The molecule has 2 nitrogen and oxygen atoms in total. The normalized spacial score (nSPS) is 21.7. The highest BCUT2D eigenvalue weighted by Gasteiger charge is 2.29. The van der Waals surface area contributed by atoms with Crippen LogP contribution in [0.15, 0.2) is 18.2 Å². The van der Waals surface area contributed by atoms with E-state index < -0.39 is 0 Å². The van der Waals surface area contributed by atoms with Gasteiger partial charge in [-0.1, -0.05) is 18.2 Å². The second-order valence-corrected chi connectivity index (χ2v) is 5.92. The Morgan fingerprint density at radius 3 is 2.83 bits per heavy atom. The summed E-state index contributed by atoms with van der Waals surface area (Å²) in [5, 5.41) is 13.3. The summed E-state index contributed by atoms with van der Waals surface area (Å²) in [5.74, 6) is 0.560. The van der Waals surface area contributed by atoms with Gasteiger partial charge in [-0.2, -0.15) is 0 Å². The third-order valence-corrected chi connectivity index (χ3v) is 4.42. The molecule has 2 aliphatic rings. The molecule has 2 atom stereocenters. The fraction of sp³-hybridized carbons (Fsp3) is 0.625. The van der Waals surface area contributed by atoms with Gasteiger partial charge in [0, 0.05) is 12.6 Å². The molecule has 0 saturated heterocycles. The van der Waals surface area contributed by atoms with Crippen LogP contribution in [0.25, 0.3) is 0 Å². The maximum absolute atomic E-state index is 9.88. The van der Waals surface area contributed by atoms with Crippen molar-refractivity contribution in [1.29, 1.82) is 0 Å². The predicted molar refractivity (Wildman–Crippen MR) is 73.6 cm³/mol. The average Bonchev–Trinajstić information content (AvgIpc) is 3.13. The highest BCUT2D eigenvalue weighted by atomic mass is 16.3. The molecule has 1 fully saturated rings. The molecule has 2 unspecified atom stereocenters. The van der Waals surface area contributed by atoms with Gasteiger partial charge < -0.3 is 10.4 Å². The van der Waals surface area contributed by atoms with E-state index in [0.29, 0.717) is 12.0 Å². The highest BCUT2D eigenvalue weighted by Crippen LogP contribution is 2.32. The number of rotatable bonds is 5. The Labute approximate surface area is 109 Å². The van der Waals surface area contributed by atoms with Gasteiger partial charge >= 0.3 is 0 Å². The van der Waals surface area contributed by atoms with E-state index in [2.05, 4.69) is 30.4 Å². The molecule has 1 saturated carbocycles. The number of aryl methyl sites for hydroxylation is 2. The second kappa shape index (κ2) is 5.02. The molecule has 1 aromatic rings. The van der Waals surface area contributed by atoms with Crippen molar-refractivity contribution in [3.8, 4) is 0 Å². The van der Waals surface area contributed by atoms with Crippen LogP contribution in [0.4, 0.5) is 0 Å². The first kappa shape index (κ1) is 12.2. The van der Waals surface area contributed by atoms with Crippen molar-refractivity contribution in [1.82, 2.24) is 5.32 Å². The largest absolute Gasteiger partial charge is 0.392 e. The van der Waals surface area contributed by atoms with Gasteiger partial charge in [-0.3, -0.25) is 0 Å². The first-order valence-electron chi connectivity index (χ1n) is 7.27. The maximum atomic E-state index is 9.88. The first-order valence-corrected chi connectivity index (χ1v) is 7.27. The van der Waals surface area contributed by atoms with Crippen LogP contribution in [0.2, 0.25) is 0 Å². The zero-order valence-electron chi connectivity index (χ0n) is 11.2. The van der Waals surface area contributed by atoms with Crippen molar-refractivity contribution in [2.75, 3.05) is 6.54 Å². The zero-order valence-corrected chi connectivity index (χ0v) is 11.2. The topological polar surface area (TPSA) is 32.3 Å². The van der Waals surface area contributed by atoms with Crippen LogP contribution in [-0.2, 0) is 12.8 Å². The van der Waals surface area contributed by atoms with E-state index in [0.717, 1.165) is 6.54 Å². The van der Waals surface area contributed by atoms with Crippen LogP contribution in [0.5, 0.6) is 0 Å². The van der Waals surface area contributed by atoms with Gasteiger partial charge in [-0.25, -0.2) is 0 Å². The fourth-order valence-corrected chi connectivity index (χ4v) is 2.92. The molecule has 0 aromatic heterocycles. The molecular weight excluding hydrogens is 222 g/mol. The Morgan fingerprint density at radius 2 is 2.06 bits per heavy atom. The van der Waals surface area contributed by atoms with E-state index in [1.807, 2.05) is 0 Å². The molecule has 3 rings (SSSR count). The number of fused-ring (bicyclic) bond motifs is 1. The minimum Gasteiger partial charge on any atom is -0.392 e. The SMILES string of the molecule is CC(NCC(O)C1CC1)c1ccc2c(c1)CCC2. The molecule has 0 radical (unpaired) electrons. The Hall–Kier alpha value is -0.860. The lowest BCUT2D eigenvalue weighted by Crippen LogP contribution is -2.30. The van der Waals surface area contributed by atoms with E-state index in [4.69, 9.17) is 0 Å². The average molecular weight is 245 g/mol. The molecule has 0 heterocycles. The molecule has 0 bridgehead atoms. The van der Waals surface area contributed by atoms with Crippen LogP contribution in [0.3, 0.4) is 0 Å². The van der Waals surface area contributed by atoms with E-state index >= 15 is 0 Å². The van der Waals surface area contributed by atoms with Crippen LogP contribution in [0, 0.1) is 5.92 Å². The van der Waals surface area contributed by atoms with Crippen molar-refractivity contribution < 1.29 is 5.11 Å². The number of hydrogen-bond donors (Lipinski definition) is 2. The van der Waals surface area contributed by atoms with Crippen molar-refractivity contribution >= 4 is 0 Å². The predicted octanol–water partition coefficient (Wildman–Crippen LogP) is 2.60. The fourth-order valence-electron chi connectivity index (χ4n) is 2.92. The van der Waals surface area contributed by atoms with Gasteiger partial charge in [0.05, 0.1) is 6.10 Å². The Morgan fingerprint density at radius 1 is 1.28 bits per heavy atom. The summed E-state index contributed by atoms with van der Waals surface area (Å²) in [4.78, 5) is 0. The smallest absolute Gasteiger partial charge is 0.0692 e. The molecule has 0 aliphatic heterocycles. The molecule has 0 spiro atoms. The van der Waals surface area contributed by atoms with E-state index in [9.17, 15) is 5.11 Å². The van der Waals surface area contributed by atoms with Crippen molar-refractivity contribution in [2.45, 2.75) is 51.2 Å². The number of aliphatic hydroxyl groups is 1. The van der Waals surface area contributed by atoms with Gasteiger partial charge in [-0.15, -0.1) is 0 Å². The lowest BCUT2D eigenvalue weighted by Gasteiger charge is -2.18. The van der Waals surface area contributed by atoms with Gasteiger partial charge in [0.1, 0.15) is 0 Å². The first-order chi connectivity index (χ1) is 8.74. The van der Waals surface area contributed by atoms with Gasteiger partial charge in [0.25, 0.3) is 0 Å². The van der Waals surface area contributed by atoms with Crippen LogP contribution < -0.4 is 5.32 Å². The van der Waals surface area contributed by atoms with Crippen molar-refractivity contribution in [2.24, 2.45) is 5.92 Å². The molecular formula is C16H23NO. The zero-order chi connectivity index (χ0) is 12.5. The van der Waals surface area contributed by atoms with E-state index in [-0.39, 0.29) is 6.10 Å². The summed E-state index contributed by atoms with van der Waals surface area (Å²) in [6.45, 7) is 2.92. The molecule has 1 aromatic carbocycles. The summed E-state index contributed by atoms with van der Waals surface area (Å²) in [5.41, 5.74) is 4.42. The van der Waals surface area contributed by atoms with Gasteiger partial charge in [0.2, 0.25) is 0 Å². The van der Waals surface area contributed by atoms with Crippen LogP contribution in [-0.4, -0.2) is 17.8 Å². The third-order valence-electron chi connectivity index (χ3n) is 4.42. The quantitative estimate of drug-likeness (QED) is 0.835. The number of nitrogens with one attached hydrogen (secondary N) is 1. The summed E-state index contributed by atoms with van der Waals surface area (Å²) in [7, 11) is 0. The van der Waals surface area contributed by atoms with Crippen molar-refractivity contribution in [3.63, 3.8) is 0 Å². The standard InChI is InChI=1S/C16H23NO/c1-11(17-10-16(18)13-6-7-13)14-8-5-12-3-2-4-15(12)9-14/h5,8-9,11,13,16-18H,2-4,6-7,10H2,1H3. The number of hydrogen-bond acceptors (Lipinski definition) is 2. The molecule has 2 heteroatoms. The molecule has 18 heavy (non-hydrogen) atoms. The van der Waals surface area contributed by atoms with E-state index in [1.165, 1.54) is 48.8 Å². The third kappa shape index (κ3) is 2.60. The Kier molecular flexibility index (Phi) is 3.40. The summed E-state index contributed by atoms with van der Waals surface area (Å²) in [6, 6.07) is 7.21. The molecule has 2 aliphatic carbocycles. The minimum absolute atomic E-state index is 0.151. The molecule has 2 N–H and O–H groups in total. The van der Waals surface area contributed by atoms with Crippen LogP contribution in [0.1, 0.15) is 48.9 Å². The lowest BCUT2D eigenvalue weighted by atomic mass is 10.0. The second-order valence-electron chi connectivity index (χ2n) is 5.92. The molecule has 98 valence electrons. The maximum Gasteiger partial charge on any atom is 0.0692 e. The van der Waals surface area contributed by atoms with E-state index in [1.54, 1.807) is 0 Å². The number of aliphatic hydroxyl groups excluding tert-OH is 1. The minimum atomic E-state index is -0.151. The summed E-state index contributed by atoms with van der Waals surface area (Å²) in [6.07, 6.45) is 6.05. The lowest BCUT2D eigenvalue weighted by molar-refractivity contribution is 0.145. The number of benzene rings is 1. The monoisotopic (exact) mass is 245 g/mol. The van der Waals surface area contributed by atoms with Gasteiger partial charge in [-0.05, 0) is 61.6 Å². The Balaban J connectivity index is 1.59. The Bertz CT molecular complexity index is 425. The van der Waals surface area contributed by atoms with Gasteiger partial charge in [0.15, 0.2) is 0 Å². The molecule has 0 amide bonds. The van der Waals surface area contributed by atoms with Crippen molar-refractivity contribution in [3.05, 3.63) is 34.9 Å². The highest BCUT2D eigenvalue weighted by molar-refractivity contribution is 5.36.